The molecule has 1 aliphatic rings. The van der Waals surface area contributed by atoms with E-state index in [1.54, 1.807) is 20.8 Å². The lowest BCUT2D eigenvalue weighted by Gasteiger charge is -2.26. The standard InChI is InChI=1S/C16H21N3O6/c1-5-10-13(9(4)25-19-10)15(21)24-7-11-12(14(20)23-6-2)8(3)17-16(22)18-11/h8H,5-7H2,1-4H3,(H2,17,18,22)/t8-/m0/s1. The highest BCUT2D eigenvalue weighted by molar-refractivity contribution is 5.95. The highest BCUT2D eigenvalue weighted by atomic mass is 16.5. The summed E-state index contributed by atoms with van der Waals surface area (Å²) >= 11 is 0. The van der Waals surface area contributed by atoms with Crippen molar-refractivity contribution in [3.63, 3.8) is 0 Å². The number of ether oxygens (including phenoxy) is 2. The fourth-order valence-electron chi connectivity index (χ4n) is 2.52. The number of nitrogens with zero attached hydrogens (tertiary/aromatic N) is 1. The van der Waals surface area contributed by atoms with Crippen molar-refractivity contribution in [3.8, 4) is 0 Å². The van der Waals surface area contributed by atoms with Crippen molar-refractivity contribution in [2.24, 2.45) is 0 Å². The number of nitrogens with one attached hydrogen (secondary N) is 2. The van der Waals surface area contributed by atoms with E-state index in [0.29, 0.717) is 17.9 Å². The van der Waals surface area contributed by atoms with Crippen LogP contribution in [0.1, 0.15) is 42.6 Å². The Bertz CT molecular complexity index is 721. The minimum Gasteiger partial charge on any atom is -0.463 e. The first-order valence-corrected chi connectivity index (χ1v) is 7.98. The van der Waals surface area contributed by atoms with E-state index in [2.05, 4.69) is 15.8 Å². The van der Waals surface area contributed by atoms with Crippen LogP contribution in [0.5, 0.6) is 0 Å². The molecule has 2 heterocycles. The molecule has 2 rings (SSSR count). The fourth-order valence-corrected chi connectivity index (χ4v) is 2.52. The van der Waals surface area contributed by atoms with Gasteiger partial charge in [-0.25, -0.2) is 14.4 Å². The SMILES string of the molecule is CCOC(=O)C1=C(COC(=O)c2c(CC)noc2C)NC(=O)N[C@H]1C. The maximum Gasteiger partial charge on any atom is 0.344 e. The lowest BCUT2D eigenvalue weighted by atomic mass is 10.0. The second kappa shape index (κ2) is 7.82. The normalized spacial score (nSPS) is 17.0. The molecule has 2 amide bonds. The van der Waals surface area contributed by atoms with Crippen LogP contribution in [0.2, 0.25) is 0 Å². The lowest BCUT2D eigenvalue weighted by Crippen LogP contribution is -2.50. The van der Waals surface area contributed by atoms with E-state index in [1.165, 1.54) is 0 Å². The molecule has 2 N–H and O–H groups in total. The zero-order valence-electron chi connectivity index (χ0n) is 14.6. The van der Waals surface area contributed by atoms with Gasteiger partial charge in [0.05, 0.1) is 29.6 Å². The Morgan fingerprint density at radius 1 is 1.24 bits per heavy atom. The molecule has 0 spiro atoms. The Balaban J connectivity index is 2.21. The van der Waals surface area contributed by atoms with Crippen molar-refractivity contribution >= 4 is 18.0 Å². The van der Waals surface area contributed by atoms with E-state index in [0.717, 1.165) is 0 Å². The van der Waals surface area contributed by atoms with E-state index < -0.39 is 24.0 Å². The zero-order chi connectivity index (χ0) is 18.6. The number of aromatic nitrogens is 1. The zero-order valence-corrected chi connectivity index (χ0v) is 14.6. The van der Waals surface area contributed by atoms with Gasteiger partial charge in [0.25, 0.3) is 0 Å². The topological polar surface area (TPSA) is 120 Å². The third-order valence-electron chi connectivity index (χ3n) is 3.69. The number of aryl methyl sites for hydroxylation is 2. The van der Waals surface area contributed by atoms with E-state index >= 15 is 0 Å². The minimum atomic E-state index is -0.633. The molecule has 0 unspecified atom stereocenters. The first-order chi connectivity index (χ1) is 11.9. The largest absolute Gasteiger partial charge is 0.463 e. The molecule has 136 valence electrons. The second-order valence-corrected chi connectivity index (χ2v) is 5.42. The highest BCUT2D eigenvalue weighted by Gasteiger charge is 2.31. The average Bonchev–Trinajstić information content (AvgIpc) is 2.93. The third kappa shape index (κ3) is 3.98. The van der Waals surface area contributed by atoms with Gasteiger partial charge in [0, 0.05) is 0 Å². The van der Waals surface area contributed by atoms with E-state index in [9.17, 15) is 14.4 Å². The smallest absolute Gasteiger partial charge is 0.344 e. The summed E-state index contributed by atoms with van der Waals surface area (Å²) in [4.78, 5) is 36.1. The van der Waals surface area contributed by atoms with Gasteiger partial charge in [0.1, 0.15) is 17.9 Å². The number of hydrogen-bond donors (Lipinski definition) is 2. The Labute approximate surface area is 144 Å². The Hall–Kier alpha value is -2.84. The molecule has 0 radical (unpaired) electrons. The van der Waals surface area contributed by atoms with Gasteiger partial charge in [-0.3, -0.25) is 0 Å². The Morgan fingerprint density at radius 2 is 1.96 bits per heavy atom. The summed E-state index contributed by atoms with van der Waals surface area (Å²) in [5.74, 6) is -0.861. The number of esters is 2. The van der Waals surface area contributed by atoms with Crippen LogP contribution in [0.25, 0.3) is 0 Å². The van der Waals surface area contributed by atoms with Crippen molar-refractivity contribution < 1.29 is 28.4 Å². The quantitative estimate of drug-likeness (QED) is 0.739. The van der Waals surface area contributed by atoms with E-state index in [4.69, 9.17) is 14.0 Å². The molecule has 1 aromatic heterocycles. The van der Waals surface area contributed by atoms with Gasteiger partial charge in [-0.05, 0) is 27.2 Å². The molecular weight excluding hydrogens is 330 g/mol. The molecule has 9 heteroatoms. The van der Waals surface area contributed by atoms with Crippen LogP contribution in [-0.4, -0.2) is 42.4 Å². The molecule has 0 fully saturated rings. The molecule has 1 atom stereocenters. The van der Waals surface area contributed by atoms with Gasteiger partial charge in [-0.1, -0.05) is 12.1 Å². The fraction of sp³-hybridized carbons (Fsp3) is 0.500. The number of hydrogen-bond acceptors (Lipinski definition) is 7. The number of rotatable bonds is 6. The molecule has 1 aliphatic heterocycles. The first kappa shape index (κ1) is 18.5. The molecule has 0 aliphatic carbocycles. The maximum atomic E-state index is 12.3. The Morgan fingerprint density at radius 3 is 2.60 bits per heavy atom. The summed E-state index contributed by atoms with van der Waals surface area (Å²) in [5.41, 5.74) is 1.15. The van der Waals surface area contributed by atoms with Crippen molar-refractivity contribution in [1.29, 1.82) is 0 Å². The maximum absolute atomic E-state index is 12.3. The van der Waals surface area contributed by atoms with Gasteiger partial charge in [0.15, 0.2) is 0 Å². The molecule has 1 aromatic rings. The number of carbonyl (C=O) groups excluding carboxylic acids is 3. The minimum absolute atomic E-state index is 0.190. The van der Waals surface area contributed by atoms with Crippen LogP contribution < -0.4 is 10.6 Å². The predicted molar refractivity (Wildman–Crippen MR) is 85.7 cm³/mol. The molecule has 9 nitrogen and oxygen atoms in total. The average molecular weight is 351 g/mol. The highest BCUT2D eigenvalue weighted by Crippen LogP contribution is 2.18. The van der Waals surface area contributed by atoms with E-state index in [-0.39, 0.29) is 30.0 Å². The summed E-state index contributed by atoms with van der Waals surface area (Å²) in [6.45, 7) is 6.68. The lowest BCUT2D eigenvalue weighted by molar-refractivity contribution is -0.139. The van der Waals surface area contributed by atoms with Crippen molar-refractivity contribution in [3.05, 3.63) is 28.3 Å². The van der Waals surface area contributed by atoms with Gasteiger partial charge in [0.2, 0.25) is 0 Å². The molecule has 0 bridgehead atoms. The monoisotopic (exact) mass is 351 g/mol. The summed E-state index contributed by atoms with van der Waals surface area (Å²) < 4.78 is 15.3. The van der Waals surface area contributed by atoms with Crippen LogP contribution >= 0.6 is 0 Å². The van der Waals surface area contributed by atoms with Gasteiger partial charge >= 0.3 is 18.0 Å². The molecule has 0 saturated heterocycles. The van der Waals surface area contributed by atoms with Crippen LogP contribution in [0.4, 0.5) is 4.79 Å². The summed E-state index contributed by atoms with van der Waals surface area (Å²) in [6.07, 6.45) is 0.510. The van der Waals surface area contributed by atoms with Crippen LogP contribution in [0.3, 0.4) is 0 Å². The van der Waals surface area contributed by atoms with Gasteiger partial charge in [-0.15, -0.1) is 0 Å². The van der Waals surface area contributed by atoms with Gasteiger partial charge < -0.3 is 24.6 Å². The second-order valence-electron chi connectivity index (χ2n) is 5.42. The molecule has 25 heavy (non-hydrogen) atoms. The number of amides is 2. The molecule has 0 saturated carbocycles. The van der Waals surface area contributed by atoms with Gasteiger partial charge in [-0.2, -0.15) is 0 Å². The number of carbonyl (C=O) groups is 3. The van der Waals surface area contributed by atoms with E-state index in [1.807, 2.05) is 6.92 Å². The van der Waals surface area contributed by atoms with Crippen LogP contribution in [-0.2, 0) is 20.7 Å². The van der Waals surface area contributed by atoms with Crippen LogP contribution in [0.15, 0.2) is 15.8 Å². The third-order valence-corrected chi connectivity index (χ3v) is 3.69. The molecule has 0 aromatic carbocycles. The first-order valence-electron chi connectivity index (χ1n) is 7.98. The molecular formula is C16H21N3O6. The summed E-state index contributed by atoms with van der Waals surface area (Å²) in [6, 6.07) is -1.05. The van der Waals surface area contributed by atoms with Crippen molar-refractivity contribution in [2.75, 3.05) is 13.2 Å². The summed E-state index contributed by atoms with van der Waals surface area (Å²) in [7, 11) is 0. The van der Waals surface area contributed by atoms with Crippen LogP contribution in [0, 0.1) is 6.92 Å². The number of urea groups is 1. The van der Waals surface area contributed by atoms with Crippen molar-refractivity contribution in [2.45, 2.75) is 40.2 Å². The summed E-state index contributed by atoms with van der Waals surface area (Å²) in [5, 5.41) is 8.86. The Kier molecular flexibility index (Phi) is 5.79. The predicted octanol–water partition coefficient (Wildman–Crippen LogP) is 1.22. The van der Waals surface area contributed by atoms with Crippen molar-refractivity contribution in [1.82, 2.24) is 15.8 Å².